The second-order valence-electron chi connectivity index (χ2n) is 2.48. The third-order valence-corrected chi connectivity index (χ3v) is 1.81. The van der Waals surface area contributed by atoms with Gasteiger partial charge in [0, 0.05) is 5.92 Å². The molecule has 2 rings (SSSR count). The summed E-state index contributed by atoms with van der Waals surface area (Å²) in [7, 11) is 0. The second kappa shape index (κ2) is 2.02. The minimum absolute atomic E-state index is 0.120. The summed E-state index contributed by atoms with van der Waals surface area (Å²) in [5.41, 5.74) is 0. The molecule has 2 aliphatic rings. The Kier molecular flexibility index (Phi) is 1.17. The number of rotatable bonds is 0. The molecule has 0 radical (unpaired) electrons. The molecule has 0 amide bonds. The number of nitrogens with one attached hydrogen (secondary N) is 1. The van der Waals surface area contributed by atoms with E-state index in [9.17, 15) is 5.11 Å². The van der Waals surface area contributed by atoms with Gasteiger partial charge in [-0.2, -0.15) is 0 Å². The van der Waals surface area contributed by atoms with Crippen molar-refractivity contribution >= 4 is 0 Å². The maximum Gasteiger partial charge on any atom is 0.162 e. The second-order valence-corrected chi connectivity index (χ2v) is 2.48. The first-order valence-corrected chi connectivity index (χ1v) is 3.31. The largest absolute Gasteiger partial charge is 0.493 e. The number of hydrogen-bond donors (Lipinski definition) is 2. The Balaban J connectivity index is 2.19. The van der Waals surface area contributed by atoms with E-state index in [1.807, 2.05) is 12.2 Å². The Morgan fingerprint density at radius 1 is 1.40 bits per heavy atom. The van der Waals surface area contributed by atoms with Gasteiger partial charge < -0.3 is 15.2 Å². The summed E-state index contributed by atoms with van der Waals surface area (Å²) in [5.74, 6) is 0.247. The minimum Gasteiger partial charge on any atom is -0.493 e. The number of ether oxygens (including phenoxy) is 1. The first kappa shape index (κ1) is 5.80. The van der Waals surface area contributed by atoms with Crippen LogP contribution in [0.1, 0.15) is 0 Å². The van der Waals surface area contributed by atoms with Gasteiger partial charge in [0.2, 0.25) is 0 Å². The number of hydrogen-bond acceptors (Lipinski definition) is 3. The summed E-state index contributed by atoms with van der Waals surface area (Å²) in [6.07, 6.45) is 6.61. The molecule has 0 saturated carbocycles. The summed E-state index contributed by atoms with van der Waals surface area (Å²) in [4.78, 5) is 0. The van der Waals surface area contributed by atoms with Gasteiger partial charge in [-0.05, 0) is 12.3 Å². The van der Waals surface area contributed by atoms with Crippen LogP contribution in [0.15, 0.2) is 24.6 Å². The summed E-state index contributed by atoms with van der Waals surface area (Å²) in [6.45, 7) is 0. The van der Waals surface area contributed by atoms with E-state index in [4.69, 9.17) is 4.74 Å². The summed E-state index contributed by atoms with van der Waals surface area (Å²) in [6, 6.07) is 0. The van der Waals surface area contributed by atoms with Crippen LogP contribution in [0.5, 0.6) is 0 Å². The van der Waals surface area contributed by atoms with Crippen LogP contribution in [-0.2, 0) is 4.74 Å². The van der Waals surface area contributed by atoms with Gasteiger partial charge in [-0.1, -0.05) is 6.08 Å². The molecule has 0 spiro atoms. The van der Waals surface area contributed by atoms with Crippen molar-refractivity contribution in [3.05, 3.63) is 24.6 Å². The molecule has 2 N–H and O–H groups in total. The van der Waals surface area contributed by atoms with Crippen molar-refractivity contribution in [1.82, 2.24) is 5.32 Å². The van der Waals surface area contributed by atoms with Gasteiger partial charge in [0.25, 0.3) is 0 Å². The molecule has 10 heavy (non-hydrogen) atoms. The molecule has 0 fully saturated rings. The smallest absolute Gasteiger partial charge is 0.162 e. The Morgan fingerprint density at radius 3 is 3.10 bits per heavy atom. The fourth-order valence-corrected chi connectivity index (χ4v) is 1.25. The van der Waals surface area contributed by atoms with E-state index in [2.05, 4.69) is 5.32 Å². The Morgan fingerprint density at radius 2 is 2.30 bits per heavy atom. The Labute approximate surface area is 59.0 Å². The highest BCUT2D eigenvalue weighted by Gasteiger charge is 2.31. The Bertz CT molecular complexity index is 188. The van der Waals surface area contributed by atoms with Crippen molar-refractivity contribution in [2.75, 3.05) is 0 Å². The first-order chi connectivity index (χ1) is 4.88. The van der Waals surface area contributed by atoms with E-state index in [1.54, 1.807) is 12.5 Å². The molecule has 2 aliphatic heterocycles. The lowest BCUT2D eigenvalue weighted by atomic mass is 10.0. The molecule has 0 bridgehead atoms. The van der Waals surface area contributed by atoms with Gasteiger partial charge in [0.1, 0.15) is 0 Å². The van der Waals surface area contributed by atoms with Gasteiger partial charge in [0.15, 0.2) is 12.3 Å². The molecule has 0 aliphatic carbocycles. The summed E-state index contributed by atoms with van der Waals surface area (Å²) >= 11 is 0. The molecule has 2 heterocycles. The van der Waals surface area contributed by atoms with Crippen molar-refractivity contribution in [1.29, 1.82) is 0 Å². The monoisotopic (exact) mass is 139 g/mol. The van der Waals surface area contributed by atoms with Gasteiger partial charge in [-0.25, -0.2) is 0 Å². The summed E-state index contributed by atoms with van der Waals surface area (Å²) < 4.78 is 5.12. The molecular weight excluding hydrogens is 130 g/mol. The third-order valence-electron chi connectivity index (χ3n) is 1.81. The maximum atomic E-state index is 9.25. The van der Waals surface area contributed by atoms with E-state index >= 15 is 0 Å². The first-order valence-electron chi connectivity index (χ1n) is 3.31. The van der Waals surface area contributed by atoms with Crippen molar-refractivity contribution < 1.29 is 9.84 Å². The molecule has 3 heteroatoms. The quantitative estimate of drug-likeness (QED) is 0.494. The Hall–Kier alpha value is -0.960. The molecule has 0 saturated heterocycles. The van der Waals surface area contributed by atoms with Crippen LogP contribution in [0.2, 0.25) is 0 Å². The van der Waals surface area contributed by atoms with E-state index in [0.29, 0.717) is 0 Å². The molecule has 0 aromatic heterocycles. The minimum atomic E-state index is -0.565. The lowest BCUT2D eigenvalue weighted by molar-refractivity contribution is -0.00827. The van der Waals surface area contributed by atoms with Crippen molar-refractivity contribution in [3.8, 4) is 0 Å². The number of aliphatic hydroxyl groups excluding tert-OH is 1. The highest BCUT2D eigenvalue weighted by molar-refractivity contribution is 5.11. The fraction of sp³-hybridized carbons (Fsp3) is 0.429. The predicted molar refractivity (Wildman–Crippen MR) is 35.8 cm³/mol. The molecule has 0 aromatic rings. The lowest BCUT2D eigenvalue weighted by Gasteiger charge is -2.25. The molecule has 0 aromatic carbocycles. The van der Waals surface area contributed by atoms with E-state index in [0.717, 1.165) is 0 Å². The molecule has 3 unspecified atom stereocenters. The van der Waals surface area contributed by atoms with Crippen LogP contribution < -0.4 is 5.32 Å². The van der Waals surface area contributed by atoms with Crippen molar-refractivity contribution in [3.63, 3.8) is 0 Å². The zero-order valence-corrected chi connectivity index (χ0v) is 5.40. The zero-order valence-electron chi connectivity index (χ0n) is 5.40. The van der Waals surface area contributed by atoms with Gasteiger partial charge in [-0.3, -0.25) is 0 Å². The molecule has 54 valence electrons. The fourth-order valence-electron chi connectivity index (χ4n) is 1.25. The van der Waals surface area contributed by atoms with Crippen LogP contribution in [0.25, 0.3) is 0 Å². The molecule has 3 nitrogen and oxygen atoms in total. The standard InChI is InChI=1S/C7H9NO2/c9-7-6-5(1-3-8-7)2-4-10-6/h1-9H. The van der Waals surface area contributed by atoms with E-state index in [-0.39, 0.29) is 12.0 Å². The van der Waals surface area contributed by atoms with Gasteiger partial charge in [0.05, 0.1) is 6.26 Å². The SMILES string of the molecule is OC1NC=CC2C=COC21. The van der Waals surface area contributed by atoms with Crippen molar-refractivity contribution in [2.24, 2.45) is 5.92 Å². The average molecular weight is 139 g/mol. The van der Waals surface area contributed by atoms with E-state index in [1.165, 1.54) is 0 Å². The molecule has 3 atom stereocenters. The predicted octanol–water partition coefficient (Wildman–Crippen LogP) is -0.0496. The highest BCUT2D eigenvalue weighted by atomic mass is 16.5. The number of aliphatic hydroxyl groups is 1. The van der Waals surface area contributed by atoms with Crippen LogP contribution in [-0.4, -0.2) is 17.4 Å². The molecular formula is C7H9NO2. The summed E-state index contributed by atoms with van der Waals surface area (Å²) in [5, 5.41) is 12.0. The van der Waals surface area contributed by atoms with Gasteiger partial charge in [-0.15, -0.1) is 0 Å². The van der Waals surface area contributed by atoms with E-state index < -0.39 is 6.23 Å². The highest BCUT2D eigenvalue weighted by Crippen LogP contribution is 2.23. The zero-order chi connectivity index (χ0) is 6.97. The van der Waals surface area contributed by atoms with Crippen LogP contribution in [0, 0.1) is 5.92 Å². The van der Waals surface area contributed by atoms with Gasteiger partial charge >= 0.3 is 0 Å². The van der Waals surface area contributed by atoms with Crippen LogP contribution in [0.4, 0.5) is 0 Å². The van der Waals surface area contributed by atoms with Crippen molar-refractivity contribution in [2.45, 2.75) is 12.3 Å². The topological polar surface area (TPSA) is 41.5 Å². The number of fused-ring (bicyclic) bond motifs is 1. The maximum absolute atomic E-state index is 9.25. The van der Waals surface area contributed by atoms with Crippen LogP contribution >= 0.6 is 0 Å². The lowest BCUT2D eigenvalue weighted by Crippen LogP contribution is -2.42. The normalized spacial score (nSPS) is 42.3. The van der Waals surface area contributed by atoms with Crippen LogP contribution in [0.3, 0.4) is 0 Å². The third kappa shape index (κ3) is 0.708. The average Bonchev–Trinajstić information content (AvgIpc) is 2.36.